The highest BCUT2D eigenvalue weighted by Gasteiger charge is 2.28. The average molecular weight is 219 g/mol. The van der Waals surface area contributed by atoms with Crippen LogP contribution in [0.2, 0.25) is 0 Å². The topological polar surface area (TPSA) is 76.3 Å². The highest BCUT2D eigenvalue weighted by molar-refractivity contribution is 6.01. The number of hydrogen-bond acceptors (Lipinski definition) is 4. The molecular formula is C11H13N3O2. The largest absolute Gasteiger partial charge is 0.325 e. The van der Waals surface area contributed by atoms with Crippen LogP contribution in [0.25, 0.3) is 0 Å². The minimum absolute atomic E-state index is 0.101. The molecule has 1 aliphatic rings. The van der Waals surface area contributed by atoms with Gasteiger partial charge in [-0.3, -0.25) is 19.5 Å². The van der Waals surface area contributed by atoms with Crippen LogP contribution >= 0.6 is 0 Å². The van der Waals surface area contributed by atoms with E-state index in [2.05, 4.69) is 4.98 Å². The summed E-state index contributed by atoms with van der Waals surface area (Å²) in [5.41, 5.74) is 7.12. The molecule has 0 spiro atoms. The summed E-state index contributed by atoms with van der Waals surface area (Å²) in [6.45, 7) is 0.683. The zero-order chi connectivity index (χ0) is 11.5. The van der Waals surface area contributed by atoms with Crippen molar-refractivity contribution in [3.8, 4) is 0 Å². The van der Waals surface area contributed by atoms with Crippen LogP contribution in [0.5, 0.6) is 0 Å². The van der Waals surface area contributed by atoms with Gasteiger partial charge in [-0.2, -0.15) is 0 Å². The maximum atomic E-state index is 11.4. The first-order valence-electron chi connectivity index (χ1n) is 5.18. The summed E-state index contributed by atoms with van der Waals surface area (Å²) in [6.07, 6.45) is 2.30. The van der Waals surface area contributed by atoms with Crippen molar-refractivity contribution in [1.82, 2.24) is 9.88 Å². The van der Waals surface area contributed by atoms with Crippen LogP contribution in [-0.2, 0) is 22.7 Å². The predicted octanol–water partition coefficient (Wildman–Crippen LogP) is 0.189. The van der Waals surface area contributed by atoms with Gasteiger partial charge in [0.05, 0.1) is 12.2 Å². The first-order valence-corrected chi connectivity index (χ1v) is 5.18. The first-order chi connectivity index (χ1) is 7.70. The molecule has 16 heavy (non-hydrogen) atoms. The number of amides is 2. The van der Waals surface area contributed by atoms with Crippen LogP contribution in [0, 0.1) is 0 Å². The molecule has 0 saturated carbocycles. The lowest BCUT2D eigenvalue weighted by Gasteiger charge is -2.13. The standard InChI is InChI=1S/C11H13N3O2/c12-6-9-5-8(3-4-13-9)7-14-10(15)1-2-11(14)16/h3-5H,1-2,6-7,12H2. The number of carbonyl (C=O) groups is 2. The maximum absolute atomic E-state index is 11.4. The van der Waals surface area contributed by atoms with Gasteiger partial charge in [0, 0.05) is 25.6 Å². The number of imide groups is 1. The zero-order valence-electron chi connectivity index (χ0n) is 8.85. The van der Waals surface area contributed by atoms with Crippen molar-refractivity contribution in [2.24, 2.45) is 5.73 Å². The number of hydrogen-bond donors (Lipinski definition) is 1. The minimum atomic E-state index is -0.101. The molecule has 1 fully saturated rings. The molecule has 2 amide bonds. The number of carbonyl (C=O) groups excluding carboxylic acids is 2. The third kappa shape index (κ3) is 2.09. The van der Waals surface area contributed by atoms with E-state index in [1.54, 1.807) is 12.3 Å². The first kappa shape index (κ1) is 10.8. The number of likely N-dealkylation sites (tertiary alicyclic amines) is 1. The molecule has 0 aliphatic carbocycles. The van der Waals surface area contributed by atoms with Crippen LogP contribution in [0.4, 0.5) is 0 Å². The Hall–Kier alpha value is -1.75. The van der Waals surface area contributed by atoms with Crippen LogP contribution in [0.1, 0.15) is 24.1 Å². The van der Waals surface area contributed by atoms with Crippen molar-refractivity contribution in [1.29, 1.82) is 0 Å². The van der Waals surface area contributed by atoms with Gasteiger partial charge in [0.2, 0.25) is 11.8 Å². The molecule has 0 radical (unpaired) electrons. The van der Waals surface area contributed by atoms with Crippen molar-refractivity contribution in [2.75, 3.05) is 0 Å². The number of pyridine rings is 1. The quantitative estimate of drug-likeness (QED) is 0.736. The lowest BCUT2D eigenvalue weighted by molar-refractivity contribution is -0.139. The summed E-state index contributed by atoms with van der Waals surface area (Å²) in [6, 6.07) is 3.61. The van der Waals surface area contributed by atoms with Gasteiger partial charge in [0.1, 0.15) is 0 Å². The molecule has 5 heteroatoms. The number of rotatable bonds is 3. The Kier molecular flexibility index (Phi) is 2.96. The van der Waals surface area contributed by atoms with Crippen LogP contribution in [-0.4, -0.2) is 21.7 Å². The number of nitrogens with two attached hydrogens (primary N) is 1. The second kappa shape index (κ2) is 4.40. The maximum Gasteiger partial charge on any atom is 0.229 e. The molecule has 1 aliphatic heterocycles. The van der Waals surface area contributed by atoms with E-state index in [-0.39, 0.29) is 11.8 Å². The summed E-state index contributed by atoms with van der Waals surface area (Å²) in [5.74, 6) is -0.202. The summed E-state index contributed by atoms with van der Waals surface area (Å²) in [4.78, 5) is 28.2. The normalized spacial score (nSPS) is 15.9. The van der Waals surface area contributed by atoms with Crippen LogP contribution in [0.3, 0.4) is 0 Å². The Morgan fingerprint density at radius 2 is 2.00 bits per heavy atom. The van der Waals surface area contributed by atoms with Crippen molar-refractivity contribution >= 4 is 11.8 Å². The predicted molar refractivity (Wildman–Crippen MR) is 56.9 cm³/mol. The Labute approximate surface area is 93.3 Å². The second-order valence-electron chi connectivity index (χ2n) is 3.73. The molecule has 0 aromatic carbocycles. The van der Waals surface area contributed by atoms with Crippen LogP contribution < -0.4 is 5.73 Å². The average Bonchev–Trinajstić information content (AvgIpc) is 2.61. The Bertz CT molecular complexity index is 415. The summed E-state index contributed by atoms with van der Waals surface area (Å²) in [5, 5.41) is 0. The van der Waals surface area contributed by atoms with Gasteiger partial charge in [-0.05, 0) is 17.7 Å². The molecule has 2 N–H and O–H groups in total. The van der Waals surface area contributed by atoms with Gasteiger partial charge < -0.3 is 5.73 Å². The Morgan fingerprint density at radius 3 is 2.62 bits per heavy atom. The number of aromatic nitrogens is 1. The van der Waals surface area contributed by atoms with Gasteiger partial charge >= 0.3 is 0 Å². The molecule has 84 valence electrons. The fourth-order valence-corrected chi connectivity index (χ4v) is 1.72. The third-order valence-corrected chi connectivity index (χ3v) is 2.59. The van der Waals surface area contributed by atoms with E-state index < -0.39 is 0 Å². The fraction of sp³-hybridized carbons (Fsp3) is 0.364. The van der Waals surface area contributed by atoms with Crippen LogP contribution in [0.15, 0.2) is 18.3 Å². The second-order valence-corrected chi connectivity index (χ2v) is 3.73. The number of nitrogens with zero attached hydrogens (tertiary/aromatic N) is 2. The Morgan fingerprint density at radius 1 is 1.31 bits per heavy atom. The van der Waals surface area contributed by atoms with Gasteiger partial charge in [-0.1, -0.05) is 0 Å². The minimum Gasteiger partial charge on any atom is -0.325 e. The SMILES string of the molecule is NCc1cc(CN2C(=O)CCC2=O)ccn1. The molecule has 0 atom stereocenters. The molecule has 0 unspecified atom stereocenters. The van der Waals surface area contributed by atoms with E-state index in [0.717, 1.165) is 11.3 Å². The van der Waals surface area contributed by atoms with E-state index in [1.165, 1.54) is 4.90 Å². The highest BCUT2D eigenvalue weighted by Crippen LogP contribution is 2.15. The molecule has 0 bridgehead atoms. The molecule has 1 aromatic rings. The molecule has 5 nitrogen and oxygen atoms in total. The summed E-state index contributed by atoms with van der Waals surface area (Å²) >= 11 is 0. The van der Waals surface area contributed by atoms with Gasteiger partial charge in [0.15, 0.2) is 0 Å². The molecule has 1 saturated heterocycles. The van der Waals surface area contributed by atoms with Crippen molar-refractivity contribution in [3.05, 3.63) is 29.6 Å². The van der Waals surface area contributed by atoms with Gasteiger partial charge in [-0.15, -0.1) is 0 Å². The van der Waals surface area contributed by atoms with Crippen molar-refractivity contribution in [2.45, 2.75) is 25.9 Å². The van der Waals surface area contributed by atoms with Gasteiger partial charge in [-0.25, -0.2) is 0 Å². The zero-order valence-corrected chi connectivity index (χ0v) is 8.85. The van der Waals surface area contributed by atoms with Gasteiger partial charge in [0.25, 0.3) is 0 Å². The van der Waals surface area contributed by atoms with E-state index in [1.807, 2.05) is 6.07 Å². The van der Waals surface area contributed by atoms with Crippen molar-refractivity contribution < 1.29 is 9.59 Å². The van der Waals surface area contributed by atoms with E-state index in [4.69, 9.17) is 5.73 Å². The lowest BCUT2D eigenvalue weighted by Crippen LogP contribution is -2.28. The third-order valence-electron chi connectivity index (χ3n) is 2.59. The van der Waals surface area contributed by atoms with E-state index in [0.29, 0.717) is 25.9 Å². The fourth-order valence-electron chi connectivity index (χ4n) is 1.72. The Balaban J connectivity index is 2.14. The highest BCUT2D eigenvalue weighted by atomic mass is 16.2. The van der Waals surface area contributed by atoms with Crippen molar-refractivity contribution in [3.63, 3.8) is 0 Å². The monoisotopic (exact) mass is 219 g/mol. The molecule has 1 aromatic heterocycles. The molecule has 2 heterocycles. The van der Waals surface area contributed by atoms with E-state index in [9.17, 15) is 9.59 Å². The molecule has 2 rings (SSSR count). The summed E-state index contributed by atoms with van der Waals surface area (Å²) < 4.78 is 0. The molecular weight excluding hydrogens is 206 g/mol. The van der Waals surface area contributed by atoms with E-state index >= 15 is 0 Å². The summed E-state index contributed by atoms with van der Waals surface area (Å²) in [7, 11) is 0. The smallest absolute Gasteiger partial charge is 0.229 e. The lowest BCUT2D eigenvalue weighted by atomic mass is 10.2.